The highest BCUT2D eigenvalue weighted by atomic mass is 16.5. The Morgan fingerprint density at radius 1 is 1.06 bits per heavy atom. The van der Waals surface area contributed by atoms with Gasteiger partial charge in [0.2, 0.25) is 0 Å². The zero-order valence-corrected chi connectivity index (χ0v) is 19.7. The number of aliphatic hydroxyl groups excluding tert-OH is 2. The third-order valence-corrected chi connectivity index (χ3v) is 6.71. The second-order valence-electron chi connectivity index (χ2n) is 8.86. The van der Waals surface area contributed by atoms with Crippen LogP contribution in [0.2, 0.25) is 0 Å². The Morgan fingerprint density at radius 2 is 1.86 bits per heavy atom. The Morgan fingerprint density at radius 3 is 2.63 bits per heavy atom. The van der Waals surface area contributed by atoms with Gasteiger partial charge in [-0.05, 0) is 23.9 Å². The number of anilines is 2. The number of aliphatic hydroxyl groups is 2. The molecule has 2 aromatic carbocycles. The van der Waals surface area contributed by atoms with Crippen LogP contribution in [0.25, 0.3) is 10.8 Å². The molecule has 9 heteroatoms. The minimum Gasteiger partial charge on any atom is -0.508 e. The van der Waals surface area contributed by atoms with Crippen molar-refractivity contribution in [2.75, 3.05) is 55.7 Å². The number of nitrogens with zero attached hydrogens (tertiary/aromatic N) is 5. The van der Waals surface area contributed by atoms with Crippen LogP contribution in [0.3, 0.4) is 0 Å². The number of phenolic OH excluding ortho intramolecular Hbond substituents is 1. The molecule has 0 saturated carbocycles. The van der Waals surface area contributed by atoms with Crippen molar-refractivity contribution in [3.63, 3.8) is 0 Å². The minimum atomic E-state index is -0.648. The second kappa shape index (κ2) is 10.1. The van der Waals surface area contributed by atoms with Gasteiger partial charge in [-0.25, -0.2) is 0 Å². The van der Waals surface area contributed by atoms with Gasteiger partial charge in [-0.2, -0.15) is 9.97 Å². The first-order valence-corrected chi connectivity index (χ1v) is 12.0. The Kier molecular flexibility index (Phi) is 6.72. The lowest BCUT2D eigenvalue weighted by molar-refractivity contribution is 0.0379. The molecule has 0 spiro atoms. The van der Waals surface area contributed by atoms with Crippen LogP contribution in [0.1, 0.15) is 11.3 Å². The molecular weight excluding hydrogens is 446 g/mol. The number of ether oxygens (including phenoxy) is 1. The molecule has 0 bridgehead atoms. The summed E-state index contributed by atoms with van der Waals surface area (Å²) in [5, 5.41) is 31.8. The Hall–Kier alpha value is -3.40. The van der Waals surface area contributed by atoms with Crippen molar-refractivity contribution in [1.29, 1.82) is 0 Å². The summed E-state index contributed by atoms with van der Waals surface area (Å²) in [6.07, 6.45) is 1.65. The third kappa shape index (κ3) is 4.75. The number of aromatic hydroxyl groups is 1. The molecule has 0 aliphatic carbocycles. The minimum absolute atomic E-state index is 0.116. The van der Waals surface area contributed by atoms with Gasteiger partial charge in [0, 0.05) is 55.4 Å². The monoisotopic (exact) mass is 477 g/mol. The summed E-state index contributed by atoms with van der Waals surface area (Å²) in [4.78, 5) is 15.9. The van der Waals surface area contributed by atoms with Crippen molar-refractivity contribution >= 4 is 22.3 Å². The molecule has 3 heterocycles. The maximum Gasteiger partial charge on any atom is 0.318 e. The van der Waals surface area contributed by atoms with E-state index in [0.29, 0.717) is 32.7 Å². The first-order valence-electron chi connectivity index (χ1n) is 12.0. The third-order valence-electron chi connectivity index (χ3n) is 6.71. The fraction of sp³-hybridized carbons (Fsp3) is 0.385. The summed E-state index contributed by atoms with van der Waals surface area (Å²) < 4.78 is 5.64. The number of phenols is 1. The molecule has 2 aliphatic heterocycles. The van der Waals surface area contributed by atoms with Crippen molar-refractivity contribution in [1.82, 2.24) is 14.9 Å². The number of benzene rings is 2. The van der Waals surface area contributed by atoms with E-state index in [1.54, 1.807) is 12.1 Å². The summed E-state index contributed by atoms with van der Waals surface area (Å²) in [6, 6.07) is 11.9. The van der Waals surface area contributed by atoms with E-state index in [1.165, 1.54) is 0 Å². The van der Waals surface area contributed by atoms with Crippen LogP contribution in [0.15, 0.2) is 49.1 Å². The molecule has 1 aromatic heterocycles. The van der Waals surface area contributed by atoms with Crippen molar-refractivity contribution < 1.29 is 20.1 Å². The Balaban J connectivity index is 1.46. The van der Waals surface area contributed by atoms with Crippen molar-refractivity contribution in [3.8, 4) is 11.8 Å². The summed E-state index contributed by atoms with van der Waals surface area (Å²) in [5.74, 6) is 1.09. The van der Waals surface area contributed by atoms with E-state index in [2.05, 4.69) is 22.4 Å². The smallest absolute Gasteiger partial charge is 0.318 e. The lowest BCUT2D eigenvalue weighted by atomic mass is 10.0. The number of rotatable bonds is 7. The quantitative estimate of drug-likeness (QED) is 0.440. The van der Waals surface area contributed by atoms with Gasteiger partial charge in [0.25, 0.3) is 0 Å². The maximum absolute atomic E-state index is 10.3. The van der Waals surface area contributed by atoms with Crippen molar-refractivity contribution in [3.05, 3.63) is 60.3 Å². The van der Waals surface area contributed by atoms with Gasteiger partial charge in [-0.3, -0.25) is 4.90 Å². The lowest BCUT2D eigenvalue weighted by Gasteiger charge is -2.39. The first kappa shape index (κ1) is 23.3. The Labute approximate surface area is 204 Å². The molecule has 0 amide bonds. The van der Waals surface area contributed by atoms with E-state index >= 15 is 0 Å². The highest BCUT2D eigenvalue weighted by Gasteiger charge is 2.29. The molecule has 1 atom stereocenters. The Bertz CT molecular complexity index is 1210. The summed E-state index contributed by atoms with van der Waals surface area (Å²) >= 11 is 0. The SMILES string of the molecule is C=CC(O)N1CCN(c2nc(OCCO)nc3c2CCN(c2cc(O)cc4ccccc24)C3)CC1. The summed E-state index contributed by atoms with van der Waals surface area (Å²) in [5.41, 5.74) is 2.95. The van der Waals surface area contributed by atoms with E-state index in [-0.39, 0.29) is 25.0 Å². The number of fused-ring (bicyclic) bond motifs is 2. The average molecular weight is 478 g/mol. The molecular formula is C26H31N5O4. The fourth-order valence-electron chi connectivity index (χ4n) is 4.94. The standard InChI is InChI=1S/C26H31N5O4/c1-2-24(34)29-9-11-30(12-10-29)25-21-7-8-31(17-22(21)27-26(28-25)35-14-13-32)23-16-19(33)15-18-5-3-4-6-20(18)23/h2-6,15-16,24,32-34H,1,7-14,17H2. The molecule has 9 nitrogen and oxygen atoms in total. The second-order valence-corrected chi connectivity index (χ2v) is 8.86. The van der Waals surface area contributed by atoms with Crippen molar-refractivity contribution in [2.24, 2.45) is 0 Å². The van der Waals surface area contributed by atoms with Gasteiger partial charge >= 0.3 is 6.01 Å². The summed E-state index contributed by atoms with van der Waals surface area (Å²) in [7, 11) is 0. The van der Waals surface area contributed by atoms with Crippen LogP contribution >= 0.6 is 0 Å². The fourth-order valence-corrected chi connectivity index (χ4v) is 4.94. The maximum atomic E-state index is 10.3. The molecule has 1 unspecified atom stereocenters. The predicted octanol–water partition coefficient (Wildman–Crippen LogP) is 1.90. The average Bonchev–Trinajstić information content (AvgIpc) is 2.90. The van der Waals surface area contributed by atoms with Crippen LogP contribution in [0.5, 0.6) is 11.8 Å². The highest BCUT2D eigenvalue weighted by Crippen LogP contribution is 2.36. The number of aromatic nitrogens is 2. The van der Waals surface area contributed by atoms with Gasteiger partial charge in [-0.1, -0.05) is 30.8 Å². The lowest BCUT2D eigenvalue weighted by Crippen LogP contribution is -2.50. The van der Waals surface area contributed by atoms with Crippen LogP contribution in [0.4, 0.5) is 11.5 Å². The predicted molar refractivity (Wildman–Crippen MR) is 135 cm³/mol. The summed E-state index contributed by atoms with van der Waals surface area (Å²) in [6.45, 7) is 7.84. The molecule has 184 valence electrons. The van der Waals surface area contributed by atoms with Gasteiger partial charge in [0.05, 0.1) is 18.8 Å². The number of hydrogen-bond acceptors (Lipinski definition) is 9. The topological polar surface area (TPSA) is 105 Å². The van der Waals surface area contributed by atoms with Crippen LogP contribution < -0.4 is 14.5 Å². The molecule has 2 aliphatic rings. The zero-order valence-electron chi connectivity index (χ0n) is 19.7. The van der Waals surface area contributed by atoms with Gasteiger partial charge in [0.1, 0.15) is 24.4 Å². The van der Waals surface area contributed by atoms with Crippen molar-refractivity contribution in [2.45, 2.75) is 19.2 Å². The van der Waals surface area contributed by atoms with Gasteiger partial charge < -0.3 is 29.9 Å². The van der Waals surface area contributed by atoms with E-state index in [4.69, 9.17) is 14.7 Å². The van der Waals surface area contributed by atoms with E-state index in [9.17, 15) is 15.3 Å². The molecule has 3 N–H and O–H groups in total. The largest absolute Gasteiger partial charge is 0.508 e. The normalized spacial score (nSPS) is 17.3. The molecule has 35 heavy (non-hydrogen) atoms. The molecule has 1 fully saturated rings. The van der Waals surface area contributed by atoms with E-state index < -0.39 is 6.23 Å². The first-order chi connectivity index (χ1) is 17.1. The van der Waals surface area contributed by atoms with Crippen LogP contribution in [-0.4, -0.2) is 82.4 Å². The van der Waals surface area contributed by atoms with Gasteiger partial charge in [0.15, 0.2) is 0 Å². The molecule has 1 saturated heterocycles. The zero-order chi connectivity index (χ0) is 24.4. The van der Waals surface area contributed by atoms with Crippen LogP contribution in [0, 0.1) is 0 Å². The highest BCUT2D eigenvalue weighted by molar-refractivity contribution is 5.95. The van der Waals surface area contributed by atoms with E-state index in [1.807, 2.05) is 29.2 Å². The van der Waals surface area contributed by atoms with E-state index in [0.717, 1.165) is 46.5 Å². The van der Waals surface area contributed by atoms with Gasteiger partial charge in [-0.15, -0.1) is 0 Å². The molecule has 5 rings (SSSR count). The number of piperazine rings is 1. The molecule has 3 aromatic rings. The number of hydrogen-bond donors (Lipinski definition) is 3. The van der Waals surface area contributed by atoms with Crippen LogP contribution in [-0.2, 0) is 13.0 Å². The molecule has 0 radical (unpaired) electrons.